The van der Waals surface area contributed by atoms with E-state index in [2.05, 4.69) is 6.92 Å². The van der Waals surface area contributed by atoms with Crippen molar-refractivity contribution in [3.8, 4) is 11.1 Å². The third-order valence-electron chi connectivity index (χ3n) is 11.7. The molecule has 1 aromatic heterocycles. The number of aliphatic hydroxyl groups is 1. The summed E-state index contributed by atoms with van der Waals surface area (Å²) >= 11 is 0. The van der Waals surface area contributed by atoms with Crippen LogP contribution in [0.15, 0.2) is 47.4 Å². The molecule has 10 heteroatoms. The van der Waals surface area contributed by atoms with Gasteiger partial charge in [0.1, 0.15) is 0 Å². The Labute approximate surface area is 277 Å². The smallest absolute Gasteiger partial charge is 0.407 e. The van der Waals surface area contributed by atoms with Crippen LogP contribution in [-0.2, 0) is 11.3 Å². The predicted molar refractivity (Wildman–Crippen MR) is 179 cm³/mol. The highest BCUT2D eigenvalue weighted by Crippen LogP contribution is 2.52. The van der Waals surface area contributed by atoms with Crippen molar-refractivity contribution in [2.75, 3.05) is 39.3 Å². The van der Waals surface area contributed by atoms with E-state index in [-0.39, 0.29) is 56.0 Å². The van der Waals surface area contributed by atoms with E-state index in [0.29, 0.717) is 36.6 Å². The first-order valence-corrected chi connectivity index (χ1v) is 17.7. The minimum Gasteiger partial charge on any atom is -0.465 e. The lowest BCUT2D eigenvalue weighted by Crippen LogP contribution is -2.62. The lowest BCUT2D eigenvalue weighted by atomic mass is 9.65. The zero-order valence-electron chi connectivity index (χ0n) is 27.7. The first-order valence-electron chi connectivity index (χ1n) is 17.7. The SMILES string of the molecule is CC(CC1CCCCC1)C(=O)N1CC[C@](O)(Cn2cc(C(=O)N3CCN(C(=O)O)CC3)c(-c3ccccc3)cc2=O)C2(CCCC2)C1. The van der Waals surface area contributed by atoms with Gasteiger partial charge in [0.15, 0.2) is 0 Å². The van der Waals surface area contributed by atoms with E-state index in [9.17, 15) is 29.4 Å². The average molecular weight is 647 g/mol. The van der Waals surface area contributed by atoms with Crippen molar-refractivity contribution in [2.24, 2.45) is 17.3 Å². The summed E-state index contributed by atoms with van der Waals surface area (Å²) in [6, 6.07) is 10.8. The molecule has 6 rings (SSSR count). The van der Waals surface area contributed by atoms with Crippen molar-refractivity contribution in [3.63, 3.8) is 0 Å². The molecule has 4 aliphatic rings. The zero-order valence-corrected chi connectivity index (χ0v) is 27.7. The third-order valence-corrected chi connectivity index (χ3v) is 11.7. The highest BCUT2D eigenvalue weighted by Gasteiger charge is 2.56. The molecule has 4 fully saturated rings. The monoisotopic (exact) mass is 646 g/mol. The number of benzene rings is 1. The van der Waals surface area contributed by atoms with Crippen LogP contribution in [0.1, 0.15) is 87.9 Å². The molecule has 1 aromatic carbocycles. The summed E-state index contributed by atoms with van der Waals surface area (Å²) in [5, 5.41) is 21.9. The van der Waals surface area contributed by atoms with E-state index in [4.69, 9.17) is 0 Å². The maximum absolute atomic E-state index is 14.0. The topological polar surface area (TPSA) is 123 Å². The Morgan fingerprint density at radius 1 is 0.872 bits per heavy atom. The highest BCUT2D eigenvalue weighted by molar-refractivity contribution is 6.00. The number of piperidine rings is 1. The minimum absolute atomic E-state index is 0.0400. The molecule has 47 heavy (non-hydrogen) atoms. The van der Waals surface area contributed by atoms with Crippen molar-refractivity contribution in [2.45, 2.75) is 89.7 Å². The summed E-state index contributed by atoms with van der Waals surface area (Å²) in [5.74, 6) is 0.497. The lowest BCUT2D eigenvalue weighted by molar-refractivity contribution is -0.163. The second kappa shape index (κ2) is 13.8. The van der Waals surface area contributed by atoms with E-state index in [1.807, 2.05) is 35.2 Å². The Hall–Kier alpha value is -3.66. The van der Waals surface area contributed by atoms with Gasteiger partial charge in [0.05, 0.1) is 17.7 Å². The number of carbonyl (C=O) groups is 3. The third kappa shape index (κ3) is 6.84. The molecule has 2 atom stereocenters. The summed E-state index contributed by atoms with van der Waals surface area (Å²) in [5.41, 5.74) is -0.402. The number of rotatable bonds is 7. The van der Waals surface area contributed by atoms with Crippen LogP contribution in [0.5, 0.6) is 0 Å². The van der Waals surface area contributed by atoms with E-state index in [0.717, 1.165) is 37.7 Å². The predicted octanol–water partition coefficient (Wildman–Crippen LogP) is 5.08. The number of hydrogen-bond donors (Lipinski definition) is 2. The van der Waals surface area contributed by atoms with Crippen LogP contribution in [0.3, 0.4) is 0 Å². The molecule has 254 valence electrons. The van der Waals surface area contributed by atoms with E-state index in [1.165, 1.54) is 47.6 Å². The van der Waals surface area contributed by atoms with Crippen LogP contribution >= 0.6 is 0 Å². The number of piperazine rings is 1. The van der Waals surface area contributed by atoms with Crippen molar-refractivity contribution >= 4 is 17.9 Å². The van der Waals surface area contributed by atoms with Crippen molar-refractivity contribution in [1.82, 2.24) is 19.3 Å². The van der Waals surface area contributed by atoms with Crippen LogP contribution in [-0.4, -0.2) is 92.3 Å². The molecule has 2 aliphatic heterocycles. The van der Waals surface area contributed by atoms with Crippen LogP contribution in [0, 0.1) is 17.3 Å². The van der Waals surface area contributed by atoms with Crippen LogP contribution < -0.4 is 5.56 Å². The number of aromatic nitrogens is 1. The van der Waals surface area contributed by atoms with Gasteiger partial charge >= 0.3 is 6.09 Å². The lowest BCUT2D eigenvalue weighted by Gasteiger charge is -2.53. The van der Waals surface area contributed by atoms with Gasteiger partial charge in [-0.3, -0.25) is 14.4 Å². The molecule has 1 spiro atoms. The van der Waals surface area contributed by atoms with Gasteiger partial charge in [-0.1, -0.05) is 82.2 Å². The van der Waals surface area contributed by atoms with Gasteiger partial charge < -0.3 is 29.5 Å². The molecule has 2 N–H and O–H groups in total. The van der Waals surface area contributed by atoms with Gasteiger partial charge in [-0.2, -0.15) is 0 Å². The molecular formula is C37H50N4O6. The van der Waals surface area contributed by atoms with Crippen LogP contribution in [0.2, 0.25) is 0 Å². The maximum atomic E-state index is 14.0. The molecule has 10 nitrogen and oxygen atoms in total. The Morgan fingerprint density at radius 2 is 1.53 bits per heavy atom. The van der Waals surface area contributed by atoms with Gasteiger partial charge in [-0.05, 0) is 37.2 Å². The second-order valence-corrected chi connectivity index (χ2v) is 14.7. The molecule has 0 bridgehead atoms. The Kier molecular flexibility index (Phi) is 9.78. The number of amides is 3. The quantitative estimate of drug-likeness (QED) is 0.433. The summed E-state index contributed by atoms with van der Waals surface area (Å²) in [4.78, 5) is 57.9. The molecule has 2 saturated carbocycles. The maximum Gasteiger partial charge on any atom is 0.407 e. The fraction of sp³-hybridized carbons (Fsp3) is 0.622. The number of nitrogens with zero attached hydrogens (tertiary/aromatic N) is 4. The van der Waals surface area contributed by atoms with Gasteiger partial charge in [0.2, 0.25) is 5.91 Å². The molecule has 2 aromatic rings. The molecule has 2 saturated heterocycles. The van der Waals surface area contributed by atoms with Crippen molar-refractivity contribution in [3.05, 3.63) is 58.5 Å². The standard InChI is InChI=1S/C37H50N4O6/c1-27(22-28-10-4-2-5-11-28)33(43)40-17-16-37(47,36(25-40)14-8-9-15-36)26-41-24-31(30(23-32(41)42)29-12-6-3-7-13-29)34(44)38-18-20-39(21-19-38)35(45)46/h3,6-7,12-13,23-24,27-28,47H,2,4-5,8-11,14-22,25-26H2,1H3,(H,45,46)/t27?,37-/m0/s1. The first-order chi connectivity index (χ1) is 22.6. The normalized spacial score (nSPS) is 24.0. The van der Waals surface area contributed by atoms with E-state index in [1.54, 1.807) is 11.1 Å². The Bertz CT molecular complexity index is 1500. The van der Waals surface area contributed by atoms with Crippen LogP contribution in [0.4, 0.5) is 4.79 Å². The minimum atomic E-state index is -1.21. The number of likely N-dealkylation sites (tertiary alicyclic amines) is 1. The molecular weight excluding hydrogens is 596 g/mol. The molecule has 2 aliphatic carbocycles. The van der Waals surface area contributed by atoms with Crippen LogP contribution in [0.25, 0.3) is 11.1 Å². The van der Waals surface area contributed by atoms with Gasteiger partial charge in [0, 0.05) is 68.4 Å². The Morgan fingerprint density at radius 3 is 2.19 bits per heavy atom. The van der Waals surface area contributed by atoms with Gasteiger partial charge in [0.25, 0.3) is 11.5 Å². The van der Waals surface area contributed by atoms with Gasteiger partial charge in [-0.15, -0.1) is 0 Å². The summed E-state index contributed by atoms with van der Waals surface area (Å²) < 4.78 is 1.50. The van der Waals surface area contributed by atoms with Crippen molar-refractivity contribution < 1.29 is 24.6 Å². The largest absolute Gasteiger partial charge is 0.465 e. The Balaban J connectivity index is 1.26. The fourth-order valence-corrected chi connectivity index (χ4v) is 8.90. The fourth-order valence-electron chi connectivity index (χ4n) is 8.90. The molecule has 0 radical (unpaired) electrons. The average Bonchev–Trinajstić information content (AvgIpc) is 3.57. The first kappa shape index (κ1) is 33.2. The van der Waals surface area contributed by atoms with Gasteiger partial charge in [-0.25, -0.2) is 4.79 Å². The number of carboxylic acid groups (broad SMARTS) is 1. The molecule has 3 amide bonds. The highest BCUT2D eigenvalue weighted by atomic mass is 16.4. The second-order valence-electron chi connectivity index (χ2n) is 14.7. The zero-order chi connectivity index (χ0) is 33.2. The van der Waals surface area contributed by atoms with E-state index < -0.39 is 17.1 Å². The summed E-state index contributed by atoms with van der Waals surface area (Å²) in [7, 11) is 0. The summed E-state index contributed by atoms with van der Waals surface area (Å²) in [6.45, 7) is 4.01. The van der Waals surface area contributed by atoms with E-state index >= 15 is 0 Å². The molecule has 3 heterocycles. The summed E-state index contributed by atoms with van der Waals surface area (Å²) in [6.07, 6.45) is 11.6. The number of pyridine rings is 1. The number of carbonyl (C=O) groups excluding carboxylic acids is 2. The number of hydrogen-bond acceptors (Lipinski definition) is 5. The molecule has 1 unspecified atom stereocenters. The van der Waals surface area contributed by atoms with Crippen molar-refractivity contribution in [1.29, 1.82) is 0 Å².